The van der Waals surface area contributed by atoms with Gasteiger partial charge in [0.05, 0.1) is 24.1 Å². The van der Waals surface area contributed by atoms with E-state index in [0.717, 1.165) is 11.3 Å². The number of nitrogens with one attached hydrogen (secondary N) is 1. The molecule has 2 aromatic carbocycles. The zero-order chi connectivity index (χ0) is 16.9. The Morgan fingerprint density at radius 3 is 2.50 bits per heavy atom. The van der Waals surface area contributed by atoms with Crippen LogP contribution in [-0.2, 0) is 11.3 Å². The summed E-state index contributed by atoms with van der Waals surface area (Å²) < 4.78 is 11.6. The molecule has 0 bridgehead atoms. The Hall–Kier alpha value is -2.86. The zero-order valence-corrected chi connectivity index (χ0v) is 13.3. The van der Waals surface area contributed by atoms with Crippen LogP contribution in [0.3, 0.4) is 0 Å². The van der Waals surface area contributed by atoms with Crippen LogP contribution in [0.15, 0.2) is 58.1 Å². The molecule has 0 saturated heterocycles. The van der Waals surface area contributed by atoms with Crippen molar-refractivity contribution in [3.63, 3.8) is 0 Å². The van der Waals surface area contributed by atoms with E-state index in [1.54, 1.807) is 31.4 Å². The predicted octanol–water partition coefficient (Wildman–Crippen LogP) is 1.76. The molecule has 0 amide bonds. The molecule has 124 valence electrons. The largest absolute Gasteiger partial charge is 0.491 e. The van der Waals surface area contributed by atoms with Crippen molar-refractivity contribution in [3.05, 3.63) is 74.9 Å². The quantitative estimate of drug-likeness (QED) is 0.701. The highest BCUT2D eigenvalue weighted by atomic mass is 16.5. The van der Waals surface area contributed by atoms with E-state index in [9.17, 15) is 9.59 Å². The van der Waals surface area contributed by atoms with Gasteiger partial charge in [-0.05, 0) is 29.8 Å². The van der Waals surface area contributed by atoms with Gasteiger partial charge in [0.1, 0.15) is 12.4 Å². The van der Waals surface area contributed by atoms with Crippen LogP contribution in [0.4, 0.5) is 0 Å². The van der Waals surface area contributed by atoms with Crippen LogP contribution in [0.5, 0.6) is 5.75 Å². The van der Waals surface area contributed by atoms with Gasteiger partial charge < -0.3 is 14.5 Å². The average Bonchev–Trinajstić information content (AvgIpc) is 2.60. The number of ether oxygens (including phenoxy) is 2. The summed E-state index contributed by atoms with van der Waals surface area (Å²) in [5.74, 6) is 0.718. The molecular formula is C18H18N2O4. The second-order valence-corrected chi connectivity index (χ2v) is 5.35. The maximum Gasteiger partial charge on any atom is 0.329 e. The Morgan fingerprint density at radius 1 is 1.00 bits per heavy atom. The fourth-order valence-corrected chi connectivity index (χ4v) is 2.46. The second-order valence-electron chi connectivity index (χ2n) is 5.35. The lowest BCUT2D eigenvalue weighted by atomic mass is 10.2. The summed E-state index contributed by atoms with van der Waals surface area (Å²) in [6.07, 6.45) is 0. The van der Waals surface area contributed by atoms with Gasteiger partial charge in [-0.3, -0.25) is 9.36 Å². The van der Waals surface area contributed by atoms with Gasteiger partial charge in [0.15, 0.2) is 0 Å². The topological polar surface area (TPSA) is 73.3 Å². The van der Waals surface area contributed by atoms with Crippen LogP contribution < -0.4 is 16.0 Å². The SMILES string of the molecule is COCCOc1ccc(Cn2c(=O)[nH]c3ccccc3c2=O)cc1. The first-order chi connectivity index (χ1) is 11.7. The van der Waals surface area contributed by atoms with Gasteiger partial charge in [-0.2, -0.15) is 0 Å². The van der Waals surface area contributed by atoms with E-state index in [0.29, 0.717) is 24.1 Å². The standard InChI is InChI=1S/C18H18N2O4/c1-23-10-11-24-14-8-6-13(7-9-14)12-20-17(21)15-4-2-3-5-16(15)19-18(20)22/h2-9H,10-12H2,1H3,(H,19,22). The van der Waals surface area contributed by atoms with Crippen molar-refractivity contribution < 1.29 is 9.47 Å². The lowest BCUT2D eigenvalue weighted by molar-refractivity contribution is 0.146. The maximum atomic E-state index is 12.5. The molecule has 0 atom stereocenters. The fourth-order valence-electron chi connectivity index (χ4n) is 2.46. The summed E-state index contributed by atoms with van der Waals surface area (Å²) in [4.78, 5) is 27.4. The van der Waals surface area contributed by atoms with E-state index in [2.05, 4.69) is 4.98 Å². The minimum atomic E-state index is -0.417. The number of aromatic amines is 1. The number of hydrogen-bond donors (Lipinski definition) is 1. The van der Waals surface area contributed by atoms with E-state index in [-0.39, 0.29) is 12.1 Å². The van der Waals surface area contributed by atoms with Crippen molar-refractivity contribution in [2.75, 3.05) is 20.3 Å². The number of fused-ring (bicyclic) bond motifs is 1. The van der Waals surface area contributed by atoms with E-state index >= 15 is 0 Å². The van der Waals surface area contributed by atoms with Crippen molar-refractivity contribution in [3.8, 4) is 5.75 Å². The minimum Gasteiger partial charge on any atom is -0.491 e. The number of hydrogen-bond acceptors (Lipinski definition) is 4. The summed E-state index contributed by atoms with van der Waals surface area (Å²) in [6, 6.07) is 14.3. The monoisotopic (exact) mass is 326 g/mol. The molecule has 0 fully saturated rings. The molecule has 24 heavy (non-hydrogen) atoms. The molecule has 0 spiro atoms. The van der Waals surface area contributed by atoms with Gasteiger partial charge in [0.2, 0.25) is 0 Å². The van der Waals surface area contributed by atoms with Crippen molar-refractivity contribution >= 4 is 10.9 Å². The highest BCUT2D eigenvalue weighted by Crippen LogP contribution is 2.12. The fraction of sp³-hybridized carbons (Fsp3) is 0.222. The number of H-pyrrole nitrogens is 1. The summed E-state index contributed by atoms with van der Waals surface area (Å²) in [5, 5.41) is 0.497. The molecule has 6 nitrogen and oxygen atoms in total. The molecule has 1 aromatic heterocycles. The van der Waals surface area contributed by atoms with Gasteiger partial charge in [-0.15, -0.1) is 0 Å². The molecule has 0 aliphatic heterocycles. The third-order valence-corrected chi connectivity index (χ3v) is 3.71. The number of aromatic nitrogens is 2. The Kier molecular flexibility index (Phi) is 4.77. The van der Waals surface area contributed by atoms with E-state index in [4.69, 9.17) is 9.47 Å². The van der Waals surface area contributed by atoms with Gasteiger partial charge in [0, 0.05) is 7.11 Å². The molecule has 0 aliphatic rings. The second kappa shape index (κ2) is 7.14. The first kappa shape index (κ1) is 16.0. The Balaban J connectivity index is 1.85. The normalized spacial score (nSPS) is 10.9. The molecule has 0 aliphatic carbocycles. The summed E-state index contributed by atoms with van der Waals surface area (Å²) >= 11 is 0. The predicted molar refractivity (Wildman–Crippen MR) is 91.7 cm³/mol. The van der Waals surface area contributed by atoms with Crippen molar-refractivity contribution in [1.29, 1.82) is 0 Å². The molecule has 1 heterocycles. The molecule has 0 saturated carbocycles. The van der Waals surface area contributed by atoms with Crippen LogP contribution in [0.1, 0.15) is 5.56 Å². The third-order valence-electron chi connectivity index (χ3n) is 3.71. The smallest absolute Gasteiger partial charge is 0.329 e. The maximum absolute atomic E-state index is 12.5. The van der Waals surface area contributed by atoms with Crippen LogP contribution in [0, 0.1) is 0 Å². The van der Waals surface area contributed by atoms with Gasteiger partial charge in [-0.25, -0.2) is 4.79 Å². The van der Waals surface area contributed by atoms with Gasteiger partial charge >= 0.3 is 5.69 Å². The highest BCUT2D eigenvalue weighted by molar-refractivity contribution is 5.76. The van der Waals surface area contributed by atoms with Gasteiger partial charge in [0.25, 0.3) is 5.56 Å². The molecule has 0 radical (unpaired) electrons. The Bertz CT molecular complexity index is 942. The van der Waals surface area contributed by atoms with Crippen molar-refractivity contribution in [1.82, 2.24) is 9.55 Å². The van der Waals surface area contributed by atoms with Gasteiger partial charge in [-0.1, -0.05) is 24.3 Å². The Morgan fingerprint density at radius 2 is 1.75 bits per heavy atom. The lowest BCUT2D eigenvalue weighted by Gasteiger charge is -2.08. The number of methoxy groups -OCH3 is 1. The van der Waals surface area contributed by atoms with Crippen LogP contribution in [0.25, 0.3) is 10.9 Å². The summed E-state index contributed by atoms with van der Waals surface area (Å²) in [5.41, 5.74) is 0.677. The van der Waals surface area contributed by atoms with E-state index in [1.807, 2.05) is 24.3 Å². The average molecular weight is 326 g/mol. The summed E-state index contributed by atoms with van der Waals surface area (Å²) in [7, 11) is 1.62. The third kappa shape index (κ3) is 3.38. The molecule has 1 N–H and O–H groups in total. The Labute approximate surface area is 138 Å². The van der Waals surface area contributed by atoms with Crippen LogP contribution >= 0.6 is 0 Å². The van der Waals surface area contributed by atoms with Crippen LogP contribution in [-0.4, -0.2) is 29.9 Å². The first-order valence-corrected chi connectivity index (χ1v) is 7.61. The van der Waals surface area contributed by atoms with E-state index < -0.39 is 5.69 Å². The zero-order valence-electron chi connectivity index (χ0n) is 13.3. The molecular weight excluding hydrogens is 308 g/mol. The van der Waals surface area contributed by atoms with Crippen LogP contribution in [0.2, 0.25) is 0 Å². The molecule has 0 unspecified atom stereocenters. The van der Waals surface area contributed by atoms with Crippen molar-refractivity contribution in [2.45, 2.75) is 6.54 Å². The summed E-state index contributed by atoms with van der Waals surface area (Å²) in [6.45, 7) is 1.20. The molecule has 3 aromatic rings. The number of rotatable bonds is 6. The highest BCUT2D eigenvalue weighted by Gasteiger charge is 2.07. The lowest BCUT2D eigenvalue weighted by Crippen LogP contribution is -2.35. The number of para-hydroxylation sites is 1. The molecule has 6 heteroatoms. The minimum absolute atomic E-state index is 0.206. The van der Waals surface area contributed by atoms with E-state index in [1.165, 1.54) is 4.57 Å². The van der Waals surface area contributed by atoms with Crippen molar-refractivity contribution in [2.24, 2.45) is 0 Å². The first-order valence-electron chi connectivity index (χ1n) is 7.61. The number of benzene rings is 2. The molecule has 3 rings (SSSR count). The number of nitrogens with zero attached hydrogens (tertiary/aromatic N) is 1.